The molecule has 206 valence electrons. The van der Waals surface area contributed by atoms with Gasteiger partial charge in [-0.2, -0.15) is 13.2 Å². The summed E-state index contributed by atoms with van der Waals surface area (Å²) >= 11 is 0. The number of aromatic nitrogens is 4. The lowest BCUT2D eigenvalue weighted by molar-refractivity contribution is -0.142. The molecule has 2 aromatic heterocycles. The van der Waals surface area contributed by atoms with Crippen LogP contribution in [0, 0.1) is 12.7 Å². The monoisotopic (exact) mass is 542 g/mol. The van der Waals surface area contributed by atoms with E-state index in [-0.39, 0.29) is 24.2 Å². The van der Waals surface area contributed by atoms with Gasteiger partial charge in [0.15, 0.2) is 5.69 Å². The molecule has 0 unspecified atom stereocenters. The van der Waals surface area contributed by atoms with Crippen molar-refractivity contribution in [3.63, 3.8) is 0 Å². The van der Waals surface area contributed by atoms with E-state index in [0.717, 1.165) is 54.7 Å². The van der Waals surface area contributed by atoms with Gasteiger partial charge in [0.05, 0.1) is 18.8 Å². The van der Waals surface area contributed by atoms with Crippen molar-refractivity contribution in [2.24, 2.45) is 0 Å². The predicted molar refractivity (Wildman–Crippen MR) is 128 cm³/mol. The molecule has 1 fully saturated rings. The van der Waals surface area contributed by atoms with Crippen molar-refractivity contribution in [3.8, 4) is 5.88 Å². The van der Waals surface area contributed by atoms with Crippen molar-refractivity contribution in [1.82, 2.24) is 19.7 Å². The van der Waals surface area contributed by atoms with Gasteiger partial charge in [-0.25, -0.2) is 22.8 Å². The van der Waals surface area contributed by atoms with Crippen LogP contribution in [0.15, 0.2) is 47.5 Å². The second-order valence-corrected chi connectivity index (χ2v) is 8.91. The molecular formula is C26H28F6N4O2. The first kappa shape index (κ1) is 29.1. The summed E-state index contributed by atoms with van der Waals surface area (Å²) in [5, 5.41) is 3.95. The minimum absolute atomic E-state index is 0.0757. The van der Waals surface area contributed by atoms with Crippen molar-refractivity contribution < 1.29 is 31.1 Å². The minimum atomic E-state index is -4.75. The zero-order valence-electron chi connectivity index (χ0n) is 20.7. The molecule has 0 saturated heterocycles. The normalized spacial score (nSPS) is 14.2. The first-order valence-electron chi connectivity index (χ1n) is 12.2. The van der Waals surface area contributed by atoms with Gasteiger partial charge in [-0.15, -0.1) is 5.10 Å². The number of benzene rings is 1. The third-order valence-electron chi connectivity index (χ3n) is 5.93. The summed E-state index contributed by atoms with van der Waals surface area (Å²) in [7, 11) is 0. The van der Waals surface area contributed by atoms with Gasteiger partial charge in [-0.3, -0.25) is 9.78 Å². The first-order valence-corrected chi connectivity index (χ1v) is 12.2. The molecule has 1 aromatic carbocycles. The topological polar surface area (TPSA) is 69.9 Å². The largest absolute Gasteiger partial charge is 0.476 e. The summed E-state index contributed by atoms with van der Waals surface area (Å²) < 4.78 is 82.8. The maximum atomic E-state index is 13.2. The number of hydrogen-bond donors (Lipinski definition) is 0. The number of rotatable bonds is 7. The van der Waals surface area contributed by atoms with Crippen LogP contribution in [0.5, 0.6) is 5.88 Å². The second kappa shape index (κ2) is 13.4. The Morgan fingerprint density at radius 2 is 1.79 bits per heavy atom. The van der Waals surface area contributed by atoms with Crippen LogP contribution in [0.2, 0.25) is 0 Å². The van der Waals surface area contributed by atoms with E-state index >= 15 is 0 Å². The standard InChI is InChI=1S/C19H21F5N4O2.C7H7F/c20-15(21)6-9-30-16-10-13(12-4-2-1-3-5-12)18(29)28(27-16)11-14-17(19(22,23)24)26-8-7-25-14;1-6-3-2-4-7(8)5-6/h7-8,10,12,15H,1-6,9,11H2;2-5H,1H3. The van der Waals surface area contributed by atoms with Crippen molar-refractivity contribution in [3.05, 3.63) is 81.4 Å². The number of ether oxygens (including phenoxy) is 1. The minimum Gasteiger partial charge on any atom is -0.476 e. The van der Waals surface area contributed by atoms with Gasteiger partial charge in [0.25, 0.3) is 5.56 Å². The van der Waals surface area contributed by atoms with Crippen LogP contribution in [0.1, 0.15) is 67.0 Å². The van der Waals surface area contributed by atoms with Gasteiger partial charge < -0.3 is 4.74 Å². The number of aryl methyl sites for hydroxylation is 1. The van der Waals surface area contributed by atoms with E-state index in [9.17, 15) is 31.1 Å². The molecule has 6 nitrogen and oxygen atoms in total. The number of alkyl halides is 5. The molecule has 4 rings (SSSR count). The van der Waals surface area contributed by atoms with E-state index in [2.05, 4.69) is 15.1 Å². The molecule has 0 aliphatic heterocycles. The Kier molecular flexibility index (Phi) is 10.3. The molecule has 12 heteroatoms. The summed E-state index contributed by atoms with van der Waals surface area (Å²) in [5.74, 6) is -0.319. The highest BCUT2D eigenvalue weighted by Gasteiger charge is 2.36. The Balaban J connectivity index is 0.000000427. The molecule has 0 spiro atoms. The van der Waals surface area contributed by atoms with Crippen LogP contribution in [-0.4, -0.2) is 32.8 Å². The molecular weight excluding hydrogens is 514 g/mol. The van der Waals surface area contributed by atoms with Gasteiger partial charge in [0.1, 0.15) is 5.82 Å². The van der Waals surface area contributed by atoms with Crippen LogP contribution in [-0.2, 0) is 12.7 Å². The van der Waals surface area contributed by atoms with E-state index in [1.54, 1.807) is 6.07 Å². The molecule has 0 radical (unpaired) electrons. The molecule has 0 bridgehead atoms. The van der Waals surface area contributed by atoms with Crippen LogP contribution >= 0.6 is 0 Å². The zero-order valence-corrected chi connectivity index (χ0v) is 20.7. The fraction of sp³-hybridized carbons (Fsp3) is 0.462. The van der Waals surface area contributed by atoms with E-state index in [4.69, 9.17) is 4.74 Å². The summed E-state index contributed by atoms with van der Waals surface area (Å²) in [4.78, 5) is 20.0. The van der Waals surface area contributed by atoms with E-state index in [1.165, 1.54) is 18.2 Å². The van der Waals surface area contributed by atoms with Crippen LogP contribution in [0.25, 0.3) is 0 Å². The molecule has 2 heterocycles. The lowest BCUT2D eigenvalue weighted by atomic mass is 9.85. The van der Waals surface area contributed by atoms with Crippen molar-refractivity contribution in [2.45, 2.75) is 70.5 Å². The summed E-state index contributed by atoms with van der Waals surface area (Å²) in [6, 6.07) is 7.92. The SMILES string of the molecule is Cc1cccc(F)c1.O=c1c(C2CCCCC2)cc(OCCC(F)F)nn1Cc1nccnc1C(F)(F)F. The van der Waals surface area contributed by atoms with Crippen molar-refractivity contribution >= 4 is 0 Å². The highest BCUT2D eigenvalue weighted by molar-refractivity contribution is 5.23. The summed E-state index contributed by atoms with van der Waals surface area (Å²) in [6.07, 6.45) is -1.41. The smallest absolute Gasteiger partial charge is 0.435 e. The molecule has 0 N–H and O–H groups in total. The number of halogens is 6. The zero-order chi connectivity index (χ0) is 27.7. The van der Waals surface area contributed by atoms with E-state index in [0.29, 0.717) is 5.56 Å². The molecule has 0 amide bonds. The third kappa shape index (κ3) is 8.56. The molecule has 3 aromatic rings. The Morgan fingerprint density at radius 3 is 2.39 bits per heavy atom. The average molecular weight is 543 g/mol. The molecule has 1 aliphatic rings. The number of nitrogens with zero attached hydrogens (tertiary/aromatic N) is 4. The maximum absolute atomic E-state index is 13.2. The lowest BCUT2D eigenvalue weighted by Gasteiger charge is -2.22. The molecule has 1 saturated carbocycles. The fourth-order valence-corrected chi connectivity index (χ4v) is 4.14. The highest BCUT2D eigenvalue weighted by Crippen LogP contribution is 2.32. The van der Waals surface area contributed by atoms with Crippen molar-refractivity contribution in [2.75, 3.05) is 6.61 Å². The quantitative estimate of drug-likeness (QED) is 0.327. The third-order valence-corrected chi connectivity index (χ3v) is 5.93. The fourth-order valence-electron chi connectivity index (χ4n) is 4.14. The van der Waals surface area contributed by atoms with E-state index in [1.807, 2.05) is 13.0 Å². The number of hydrogen-bond acceptors (Lipinski definition) is 5. The van der Waals surface area contributed by atoms with Crippen LogP contribution < -0.4 is 10.3 Å². The Bertz CT molecular complexity index is 1230. The van der Waals surface area contributed by atoms with Gasteiger partial charge in [-0.05, 0) is 43.4 Å². The average Bonchev–Trinajstić information content (AvgIpc) is 2.86. The van der Waals surface area contributed by atoms with Gasteiger partial charge in [0.2, 0.25) is 12.3 Å². The van der Waals surface area contributed by atoms with Gasteiger partial charge in [-0.1, -0.05) is 31.4 Å². The molecule has 38 heavy (non-hydrogen) atoms. The van der Waals surface area contributed by atoms with Crippen LogP contribution in [0.3, 0.4) is 0 Å². The van der Waals surface area contributed by atoms with Crippen molar-refractivity contribution in [1.29, 1.82) is 0 Å². The Morgan fingerprint density at radius 1 is 1.08 bits per heavy atom. The lowest BCUT2D eigenvalue weighted by Crippen LogP contribution is -2.30. The maximum Gasteiger partial charge on any atom is 0.435 e. The first-order chi connectivity index (χ1) is 18.0. The predicted octanol–water partition coefficient (Wildman–Crippen LogP) is 6.32. The summed E-state index contributed by atoms with van der Waals surface area (Å²) in [6.45, 7) is 0.974. The van der Waals surface area contributed by atoms with Gasteiger partial charge >= 0.3 is 6.18 Å². The summed E-state index contributed by atoms with van der Waals surface area (Å²) in [5.41, 5.74) is -0.873. The highest BCUT2D eigenvalue weighted by atomic mass is 19.4. The van der Waals surface area contributed by atoms with E-state index < -0.39 is 42.5 Å². The molecule has 0 atom stereocenters. The van der Waals surface area contributed by atoms with Gasteiger partial charge in [0, 0.05) is 30.4 Å². The molecule has 1 aliphatic carbocycles. The second-order valence-electron chi connectivity index (χ2n) is 8.91. The van der Waals surface area contributed by atoms with Crippen LogP contribution in [0.4, 0.5) is 26.3 Å². The Hall–Kier alpha value is -3.44. The Labute approximate surface area is 215 Å².